The average molecular weight is 431 g/mol. The van der Waals surface area contributed by atoms with Crippen LogP contribution >= 0.6 is 15.9 Å². The van der Waals surface area contributed by atoms with Gasteiger partial charge in [0, 0.05) is 0 Å². The van der Waals surface area contributed by atoms with Crippen LogP contribution in [0.5, 0.6) is 11.5 Å². The second-order valence-corrected chi connectivity index (χ2v) is 6.89. The van der Waals surface area contributed by atoms with Crippen molar-refractivity contribution in [3.8, 4) is 11.5 Å². The van der Waals surface area contributed by atoms with Crippen molar-refractivity contribution in [2.45, 2.75) is 20.3 Å². The number of carbonyl (C=O) groups excluding carboxylic acids is 1. The third-order valence-electron chi connectivity index (χ3n) is 3.85. The zero-order valence-corrected chi connectivity index (χ0v) is 17.3. The highest BCUT2D eigenvalue weighted by Gasteiger charge is 2.11. The summed E-state index contributed by atoms with van der Waals surface area (Å²) < 4.78 is 11.7. The van der Waals surface area contributed by atoms with Crippen molar-refractivity contribution in [2.75, 3.05) is 13.7 Å². The number of amides is 1. The maximum Gasteiger partial charge on any atom is 0.244 e. The van der Waals surface area contributed by atoms with Gasteiger partial charge >= 0.3 is 0 Å². The lowest BCUT2D eigenvalue weighted by atomic mass is 10.0. The number of hydrogen-bond acceptors (Lipinski definition) is 4. The molecule has 0 aliphatic heterocycles. The molecular weight excluding hydrogens is 408 g/mol. The van der Waals surface area contributed by atoms with Crippen LogP contribution in [0.1, 0.15) is 22.3 Å². The highest BCUT2D eigenvalue weighted by molar-refractivity contribution is 9.10. The molecule has 2 rings (SSSR count). The minimum absolute atomic E-state index is 0.171. The minimum atomic E-state index is -0.171. The van der Waals surface area contributed by atoms with Crippen molar-refractivity contribution in [1.82, 2.24) is 5.43 Å². The van der Waals surface area contributed by atoms with Crippen molar-refractivity contribution in [2.24, 2.45) is 5.10 Å². The number of ether oxygens (including phenoxy) is 2. The zero-order valence-electron chi connectivity index (χ0n) is 15.7. The zero-order chi connectivity index (χ0) is 19.8. The first kappa shape index (κ1) is 20.7. The fraction of sp³-hybridized carbons (Fsp3) is 0.238. The summed E-state index contributed by atoms with van der Waals surface area (Å²) in [6.45, 7) is 8.03. The first-order valence-corrected chi connectivity index (χ1v) is 9.23. The molecule has 142 valence electrons. The Kier molecular flexibility index (Phi) is 7.61. The topological polar surface area (TPSA) is 59.9 Å². The van der Waals surface area contributed by atoms with E-state index in [-0.39, 0.29) is 12.3 Å². The summed E-state index contributed by atoms with van der Waals surface area (Å²) in [4.78, 5) is 12.1. The van der Waals surface area contributed by atoms with Crippen molar-refractivity contribution >= 4 is 28.1 Å². The van der Waals surface area contributed by atoms with Gasteiger partial charge in [0.1, 0.15) is 6.61 Å². The summed E-state index contributed by atoms with van der Waals surface area (Å²) in [5.41, 5.74) is 6.58. The number of aryl methyl sites for hydroxylation is 2. The van der Waals surface area contributed by atoms with Crippen molar-refractivity contribution < 1.29 is 14.3 Å². The lowest BCUT2D eigenvalue weighted by molar-refractivity contribution is -0.120. The van der Waals surface area contributed by atoms with Crippen molar-refractivity contribution in [1.29, 1.82) is 0 Å². The van der Waals surface area contributed by atoms with E-state index in [9.17, 15) is 4.79 Å². The van der Waals surface area contributed by atoms with Crippen LogP contribution in [0.25, 0.3) is 0 Å². The molecular formula is C21H23BrN2O3. The number of nitrogens with zero attached hydrogens (tertiary/aromatic N) is 1. The molecule has 0 heterocycles. The molecule has 2 aromatic carbocycles. The molecule has 1 N–H and O–H groups in total. The van der Waals surface area contributed by atoms with E-state index in [0.29, 0.717) is 18.1 Å². The molecule has 0 radical (unpaired) electrons. The number of benzene rings is 2. The van der Waals surface area contributed by atoms with Crippen LogP contribution in [-0.4, -0.2) is 25.8 Å². The molecule has 0 fully saturated rings. The minimum Gasteiger partial charge on any atom is -0.493 e. The van der Waals surface area contributed by atoms with E-state index in [1.165, 1.54) is 5.56 Å². The molecule has 0 atom stereocenters. The second-order valence-electron chi connectivity index (χ2n) is 6.03. The number of carbonyl (C=O) groups is 1. The molecule has 0 unspecified atom stereocenters. The Morgan fingerprint density at radius 1 is 1.30 bits per heavy atom. The Morgan fingerprint density at radius 2 is 2.07 bits per heavy atom. The van der Waals surface area contributed by atoms with Gasteiger partial charge in [-0.05, 0) is 58.6 Å². The Hall–Kier alpha value is -2.60. The predicted molar refractivity (Wildman–Crippen MR) is 112 cm³/mol. The molecule has 1 amide bonds. The summed E-state index contributed by atoms with van der Waals surface area (Å²) in [6.07, 6.45) is 3.50. The molecule has 0 saturated carbocycles. The number of nitrogens with one attached hydrogen (secondary N) is 1. The first-order valence-electron chi connectivity index (χ1n) is 8.44. The van der Waals surface area contributed by atoms with E-state index in [4.69, 9.17) is 9.47 Å². The molecule has 0 spiro atoms. The van der Waals surface area contributed by atoms with Gasteiger partial charge in [0.25, 0.3) is 0 Å². The van der Waals surface area contributed by atoms with E-state index in [1.54, 1.807) is 25.5 Å². The van der Waals surface area contributed by atoms with Crippen LogP contribution in [0.3, 0.4) is 0 Å². The lowest BCUT2D eigenvalue weighted by Gasteiger charge is -2.12. The molecule has 0 bridgehead atoms. The Morgan fingerprint density at radius 3 is 2.74 bits per heavy atom. The van der Waals surface area contributed by atoms with Gasteiger partial charge in [-0.15, -0.1) is 0 Å². The van der Waals surface area contributed by atoms with Gasteiger partial charge in [0.2, 0.25) is 5.91 Å². The molecule has 5 nitrogen and oxygen atoms in total. The maximum atomic E-state index is 12.1. The fourth-order valence-electron chi connectivity index (χ4n) is 2.53. The van der Waals surface area contributed by atoms with Gasteiger partial charge < -0.3 is 9.47 Å². The highest BCUT2D eigenvalue weighted by Crippen LogP contribution is 2.36. The van der Waals surface area contributed by atoms with Crippen LogP contribution in [0, 0.1) is 13.8 Å². The van der Waals surface area contributed by atoms with E-state index >= 15 is 0 Å². The third kappa shape index (κ3) is 5.96. The second kappa shape index (κ2) is 9.92. The van der Waals surface area contributed by atoms with E-state index < -0.39 is 0 Å². The molecule has 0 aliphatic carbocycles. The van der Waals surface area contributed by atoms with Gasteiger partial charge in [0.15, 0.2) is 11.5 Å². The normalized spacial score (nSPS) is 10.7. The smallest absolute Gasteiger partial charge is 0.244 e. The molecule has 0 aliphatic rings. The Balaban J connectivity index is 2.03. The standard InChI is InChI=1S/C21H23BrN2O3/c1-5-8-27-21-18(22)10-16(11-19(21)26-4)13-23-24-20(25)12-17-7-6-14(2)9-15(17)3/h5-7,9-11,13H,1,8,12H2,2-4H3,(H,24,25)/b23-13-. The predicted octanol–water partition coefficient (Wildman–Crippen LogP) is 4.33. The SMILES string of the molecule is C=CCOc1c(Br)cc(/C=N\NC(=O)Cc2ccc(C)cc2C)cc1OC. The van der Waals surface area contributed by atoms with Crippen molar-refractivity contribution in [3.63, 3.8) is 0 Å². The molecule has 6 heteroatoms. The van der Waals surface area contributed by atoms with Crippen LogP contribution in [0.2, 0.25) is 0 Å². The Labute approximate surface area is 168 Å². The highest BCUT2D eigenvalue weighted by atomic mass is 79.9. The van der Waals surface area contributed by atoms with E-state index in [2.05, 4.69) is 39.1 Å². The molecule has 0 saturated heterocycles. The maximum absolute atomic E-state index is 12.1. The number of hydrogen-bond donors (Lipinski definition) is 1. The summed E-state index contributed by atoms with van der Waals surface area (Å²) >= 11 is 3.46. The van der Waals surface area contributed by atoms with Gasteiger partial charge in [-0.25, -0.2) is 5.43 Å². The molecule has 0 aromatic heterocycles. The summed E-state index contributed by atoms with van der Waals surface area (Å²) in [5, 5.41) is 4.04. The summed E-state index contributed by atoms with van der Waals surface area (Å²) in [7, 11) is 1.56. The van der Waals surface area contributed by atoms with Gasteiger partial charge in [-0.2, -0.15) is 5.10 Å². The quantitative estimate of drug-likeness (QED) is 0.385. The summed E-state index contributed by atoms with van der Waals surface area (Å²) in [5.74, 6) is 0.984. The number of halogens is 1. The summed E-state index contributed by atoms with van der Waals surface area (Å²) in [6, 6.07) is 9.64. The van der Waals surface area contributed by atoms with Crippen LogP contribution in [0.4, 0.5) is 0 Å². The van der Waals surface area contributed by atoms with Crippen LogP contribution in [0.15, 0.2) is 52.6 Å². The van der Waals surface area contributed by atoms with E-state index in [0.717, 1.165) is 21.2 Å². The van der Waals surface area contributed by atoms with E-state index in [1.807, 2.05) is 32.0 Å². The third-order valence-corrected chi connectivity index (χ3v) is 4.44. The average Bonchev–Trinajstić information content (AvgIpc) is 2.63. The number of methoxy groups -OCH3 is 1. The first-order chi connectivity index (χ1) is 12.9. The molecule has 27 heavy (non-hydrogen) atoms. The van der Waals surface area contributed by atoms with Crippen molar-refractivity contribution in [3.05, 3.63) is 69.7 Å². The molecule has 2 aromatic rings. The van der Waals surface area contributed by atoms with Gasteiger partial charge in [-0.1, -0.05) is 36.4 Å². The number of hydrazone groups is 1. The van der Waals surface area contributed by atoms with Gasteiger partial charge in [0.05, 0.1) is 24.2 Å². The monoisotopic (exact) mass is 430 g/mol. The van der Waals surface area contributed by atoms with Crippen LogP contribution < -0.4 is 14.9 Å². The lowest BCUT2D eigenvalue weighted by Crippen LogP contribution is -2.20. The van der Waals surface area contributed by atoms with Gasteiger partial charge in [-0.3, -0.25) is 4.79 Å². The van der Waals surface area contributed by atoms with Crippen LogP contribution in [-0.2, 0) is 11.2 Å². The Bertz CT molecular complexity index is 863. The number of rotatable bonds is 8. The fourth-order valence-corrected chi connectivity index (χ4v) is 3.11. The largest absolute Gasteiger partial charge is 0.493 e.